The largest absolute Gasteiger partial charge is 0.398 e. The van der Waals surface area contributed by atoms with Gasteiger partial charge in [-0.1, -0.05) is 17.7 Å². The average molecular weight is 174 g/mol. The highest BCUT2D eigenvalue weighted by Crippen LogP contribution is 2.29. The first-order chi connectivity index (χ1) is 4.75. The first kappa shape index (κ1) is 7.63. The highest BCUT2D eigenvalue weighted by Gasteiger charge is 2.01. The van der Waals surface area contributed by atoms with Crippen molar-refractivity contribution in [3.05, 3.63) is 22.4 Å². The van der Waals surface area contributed by atoms with Gasteiger partial charge in [0.25, 0.3) is 0 Å². The SMILES string of the molecule is C/C=C(/Cl)c1sccc1N. The number of nitrogens with two attached hydrogens (primary N) is 1. The smallest absolute Gasteiger partial charge is 0.0682 e. The standard InChI is InChI=1S/C7H8ClNS/c1-2-5(8)7-6(9)3-4-10-7/h2-4H,9H2,1H3/b5-2+. The molecule has 0 saturated heterocycles. The molecule has 1 heterocycles. The number of halogens is 1. The fourth-order valence-corrected chi connectivity index (χ4v) is 1.67. The van der Waals surface area contributed by atoms with E-state index in [1.807, 2.05) is 24.4 Å². The first-order valence-electron chi connectivity index (χ1n) is 2.91. The Balaban J connectivity index is 3.05. The molecule has 0 spiro atoms. The minimum absolute atomic E-state index is 0.729. The van der Waals surface area contributed by atoms with Gasteiger partial charge in [0.1, 0.15) is 0 Å². The van der Waals surface area contributed by atoms with Crippen LogP contribution in [0.3, 0.4) is 0 Å². The van der Waals surface area contributed by atoms with E-state index >= 15 is 0 Å². The van der Waals surface area contributed by atoms with E-state index in [1.54, 1.807) is 11.3 Å². The molecular weight excluding hydrogens is 166 g/mol. The summed E-state index contributed by atoms with van der Waals surface area (Å²) in [5, 5.41) is 2.66. The number of rotatable bonds is 1. The third kappa shape index (κ3) is 1.33. The molecule has 0 bridgehead atoms. The number of allylic oxidation sites excluding steroid dienone is 1. The van der Waals surface area contributed by atoms with Gasteiger partial charge < -0.3 is 5.73 Å². The summed E-state index contributed by atoms with van der Waals surface area (Å²) in [7, 11) is 0. The molecule has 2 N–H and O–H groups in total. The van der Waals surface area contributed by atoms with Crippen molar-refractivity contribution in [2.45, 2.75) is 6.92 Å². The van der Waals surface area contributed by atoms with Gasteiger partial charge in [0.15, 0.2) is 0 Å². The third-order valence-electron chi connectivity index (χ3n) is 1.17. The van der Waals surface area contributed by atoms with Crippen LogP contribution in [0.1, 0.15) is 11.8 Å². The van der Waals surface area contributed by atoms with Crippen molar-refractivity contribution in [1.29, 1.82) is 0 Å². The zero-order chi connectivity index (χ0) is 7.56. The summed E-state index contributed by atoms with van der Waals surface area (Å²) >= 11 is 7.39. The molecule has 1 rings (SSSR count). The fourth-order valence-electron chi connectivity index (χ4n) is 0.644. The third-order valence-corrected chi connectivity index (χ3v) is 2.65. The van der Waals surface area contributed by atoms with Crippen LogP contribution >= 0.6 is 22.9 Å². The predicted octanol–water partition coefficient (Wildman–Crippen LogP) is 2.93. The zero-order valence-corrected chi connectivity index (χ0v) is 7.17. The molecule has 0 fully saturated rings. The van der Waals surface area contributed by atoms with Crippen LogP contribution in [0.25, 0.3) is 5.03 Å². The number of anilines is 1. The molecule has 0 aliphatic carbocycles. The molecule has 0 unspecified atom stereocenters. The van der Waals surface area contributed by atoms with Gasteiger partial charge in [-0.05, 0) is 18.4 Å². The number of nitrogen functional groups attached to an aromatic ring is 1. The number of thiophene rings is 1. The second kappa shape index (κ2) is 3.08. The van der Waals surface area contributed by atoms with E-state index in [-0.39, 0.29) is 0 Å². The highest BCUT2D eigenvalue weighted by molar-refractivity contribution is 7.12. The second-order valence-corrected chi connectivity index (χ2v) is 3.16. The van der Waals surface area contributed by atoms with Gasteiger partial charge in [-0.15, -0.1) is 11.3 Å². The first-order valence-corrected chi connectivity index (χ1v) is 4.16. The second-order valence-electron chi connectivity index (χ2n) is 1.84. The summed E-state index contributed by atoms with van der Waals surface area (Å²) in [6.45, 7) is 1.89. The molecule has 1 nitrogen and oxygen atoms in total. The maximum Gasteiger partial charge on any atom is 0.0682 e. The number of hydrogen-bond acceptors (Lipinski definition) is 2. The molecule has 3 heteroatoms. The van der Waals surface area contributed by atoms with Crippen molar-refractivity contribution in [1.82, 2.24) is 0 Å². The Kier molecular flexibility index (Phi) is 2.35. The van der Waals surface area contributed by atoms with Crippen LogP contribution in [0.2, 0.25) is 0 Å². The van der Waals surface area contributed by atoms with Gasteiger partial charge in [-0.2, -0.15) is 0 Å². The Morgan fingerprint density at radius 3 is 2.90 bits per heavy atom. The van der Waals surface area contributed by atoms with Crippen LogP contribution in [0.15, 0.2) is 17.5 Å². The lowest BCUT2D eigenvalue weighted by Crippen LogP contribution is -1.83. The summed E-state index contributed by atoms with van der Waals surface area (Å²) in [4.78, 5) is 0.962. The summed E-state index contributed by atoms with van der Waals surface area (Å²) in [5.74, 6) is 0. The van der Waals surface area contributed by atoms with E-state index in [9.17, 15) is 0 Å². The Morgan fingerprint density at radius 2 is 2.50 bits per heavy atom. The van der Waals surface area contributed by atoms with E-state index in [0.29, 0.717) is 0 Å². The Labute approximate surface area is 69.1 Å². The molecule has 0 amide bonds. The van der Waals surface area contributed by atoms with E-state index in [0.717, 1.165) is 15.6 Å². The monoisotopic (exact) mass is 173 g/mol. The predicted molar refractivity (Wildman–Crippen MR) is 48.2 cm³/mol. The van der Waals surface area contributed by atoms with Crippen LogP contribution in [0.4, 0.5) is 5.69 Å². The van der Waals surface area contributed by atoms with Crippen molar-refractivity contribution in [3.63, 3.8) is 0 Å². The van der Waals surface area contributed by atoms with Crippen LogP contribution < -0.4 is 5.73 Å². The Morgan fingerprint density at radius 1 is 1.80 bits per heavy atom. The zero-order valence-electron chi connectivity index (χ0n) is 5.60. The molecule has 0 saturated carbocycles. The minimum atomic E-state index is 0.729. The molecule has 0 aromatic carbocycles. The summed E-state index contributed by atoms with van der Waals surface area (Å²) in [6.07, 6.45) is 1.84. The van der Waals surface area contributed by atoms with Crippen LogP contribution in [-0.4, -0.2) is 0 Å². The molecule has 0 radical (unpaired) electrons. The van der Waals surface area contributed by atoms with E-state index in [2.05, 4.69) is 0 Å². The maximum absolute atomic E-state index is 5.83. The molecule has 1 aromatic rings. The van der Waals surface area contributed by atoms with Gasteiger partial charge in [-0.3, -0.25) is 0 Å². The lowest BCUT2D eigenvalue weighted by Gasteiger charge is -1.93. The Hall–Kier alpha value is -0.470. The van der Waals surface area contributed by atoms with Crippen LogP contribution in [0.5, 0.6) is 0 Å². The molecule has 0 atom stereocenters. The lowest BCUT2D eigenvalue weighted by atomic mass is 10.4. The van der Waals surface area contributed by atoms with E-state index in [1.165, 1.54) is 0 Å². The molecule has 1 aromatic heterocycles. The molecule has 10 heavy (non-hydrogen) atoms. The van der Waals surface area contributed by atoms with Gasteiger partial charge in [0.2, 0.25) is 0 Å². The normalized spacial score (nSPS) is 12.0. The lowest BCUT2D eigenvalue weighted by molar-refractivity contribution is 1.75. The Bertz CT molecular complexity index is 252. The van der Waals surface area contributed by atoms with Crippen molar-refractivity contribution >= 4 is 33.7 Å². The molecular formula is C7H8ClNS. The van der Waals surface area contributed by atoms with E-state index in [4.69, 9.17) is 17.3 Å². The van der Waals surface area contributed by atoms with Crippen molar-refractivity contribution < 1.29 is 0 Å². The number of hydrogen-bond donors (Lipinski definition) is 1. The molecule has 54 valence electrons. The topological polar surface area (TPSA) is 26.0 Å². The van der Waals surface area contributed by atoms with Crippen molar-refractivity contribution in [2.24, 2.45) is 0 Å². The average Bonchev–Trinajstić information content (AvgIpc) is 2.34. The maximum atomic E-state index is 5.83. The van der Waals surface area contributed by atoms with Crippen molar-refractivity contribution in [2.75, 3.05) is 5.73 Å². The fraction of sp³-hybridized carbons (Fsp3) is 0.143. The molecule has 0 aliphatic heterocycles. The molecule has 0 aliphatic rings. The minimum Gasteiger partial charge on any atom is -0.398 e. The van der Waals surface area contributed by atoms with Crippen molar-refractivity contribution in [3.8, 4) is 0 Å². The highest BCUT2D eigenvalue weighted by atomic mass is 35.5. The van der Waals surface area contributed by atoms with Gasteiger partial charge in [0, 0.05) is 0 Å². The van der Waals surface area contributed by atoms with E-state index < -0.39 is 0 Å². The van der Waals surface area contributed by atoms with Crippen LogP contribution in [-0.2, 0) is 0 Å². The van der Waals surface area contributed by atoms with Crippen LogP contribution in [0, 0.1) is 0 Å². The van der Waals surface area contributed by atoms with Gasteiger partial charge in [-0.25, -0.2) is 0 Å². The summed E-state index contributed by atoms with van der Waals surface area (Å²) in [5.41, 5.74) is 6.36. The van der Waals surface area contributed by atoms with Gasteiger partial charge >= 0.3 is 0 Å². The summed E-state index contributed by atoms with van der Waals surface area (Å²) < 4.78 is 0. The summed E-state index contributed by atoms with van der Waals surface area (Å²) in [6, 6.07) is 1.85. The quantitative estimate of drug-likeness (QED) is 0.695. The van der Waals surface area contributed by atoms with Gasteiger partial charge in [0.05, 0.1) is 15.6 Å².